The van der Waals surface area contributed by atoms with Crippen molar-refractivity contribution in [3.8, 4) is 0 Å². The van der Waals surface area contributed by atoms with Gasteiger partial charge in [0.05, 0.1) is 0 Å². The standard InChI is InChI=1S/C13H19O/c1-3-5-11-7-8-13(10-14)12(9-11)6-4-2/h7-9H,3-6,10H2,1-2H3. The van der Waals surface area contributed by atoms with E-state index in [1.807, 2.05) is 6.07 Å². The molecule has 0 bridgehead atoms. The van der Waals surface area contributed by atoms with Crippen LogP contribution in [0, 0.1) is 0 Å². The van der Waals surface area contributed by atoms with Gasteiger partial charge in [-0.15, -0.1) is 0 Å². The van der Waals surface area contributed by atoms with Crippen molar-refractivity contribution in [2.45, 2.75) is 46.1 Å². The average molecular weight is 191 g/mol. The zero-order chi connectivity index (χ0) is 10.4. The molecule has 0 fully saturated rings. The molecule has 1 aromatic carbocycles. The van der Waals surface area contributed by atoms with Crippen LogP contribution in [0.15, 0.2) is 18.2 Å². The molecule has 0 aliphatic heterocycles. The average Bonchev–Trinajstić information content (AvgIpc) is 2.19. The fourth-order valence-corrected chi connectivity index (χ4v) is 1.77. The Bertz CT molecular complexity index is 279. The van der Waals surface area contributed by atoms with Gasteiger partial charge in [0, 0.05) is 0 Å². The van der Waals surface area contributed by atoms with Crippen molar-refractivity contribution in [3.63, 3.8) is 0 Å². The fraction of sp³-hybridized carbons (Fsp3) is 0.538. The maximum Gasteiger partial charge on any atom is 0.108 e. The van der Waals surface area contributed by atoms with Crippen molar-refractivity contribution in [2.75, 3.05) is 0 Å². The van der Waals surface area contributed by atoms with E-state index in [1.165, 1.54) is 17.5 Å². The topological polar surface area (TPSA) is 19.9 Å². The van der Waals surface area contributed by atoms with E-state index < -0.39 is 0 Å². The first-order valence-electron chi connectivity index (χ1n) is 5.50. The first-order valence-corrected chi connectivity index (χ1v) is 5.50. The van der Waals surface area contributed by atoms with Crippen LogP contribution in [-0.4, -0.2) is 0 Å². The molecule has 0 atom stereocenters. The van der Waals surface area contributed by atoms with Crippen molar-refractivity contribution in [3.05, 3.63) is 34.9 Å². The smallest absolute Gasteiger partial charge is 0.108 e. The van der Waals surface area contributed by atoms with Crippen molar-refractivity contribution in [2.24, 2.45) is 0 Å². The molecule has 0 N–H and O–H groups in total. The number of rotatable bonds is 5. The highest BCUT2D eigenvalue weighted by atomic mass is 16.3. The van der Waals surface area contributed by atoms with E-state index in [0.717, 1.165) is 24.8 Å². The van der Waals surface area contributed by atoms with Gasteiger partial charge in [0.2, 0.25) is 0 Å². The summed E-state index contributed by atoms with van der Waals surface area (Å²) in [7, 11) is 0. The summed E-state index contributed by atoms with van der Waals surface area (Å²) in [4.78, 5) is 0. The van der Waals surface area contributed by atoms with E-state index in [-0.39, 0.29) is 6.61 Å². The van der Waals surface area contributed by atoms with E-state index in [2.05, 4.69) is 26.0 Å². The number of hydrogen-bond donors (Lipinski definition) is 0. The van der Waals surface area contributed by atoms with Gasteiger partial charge in [0.15, 0.2) is 0 Å². The number of aryl methyl sites for hydroxylation is 2. The predicted molar refractivity (Wildman–Crippen MR) is 58.8 cm³/mol. The monoisotopic (exact) mass is 191 g/mol. The van der Waals surface area contributed by atoms with Gasteiger partial charge >= 0.3 is 0 Å². The van der Waals surface area contributed by atoms with Gasteiger partial charge in [0.1, 0.15) is 6.61 Å². The van der Waals surface area contributed by atoms with Crippen LogP contribution in [0.4, 0.5) is 0 Å². The Morgan fingerprint density at radius 1 is 1.00 bits per heavy atom. The molecule has 1 rings (SSSR count). The normalized spacial score (nSPS) is 10.5. The molecule has 0 amide bonds. The highest BCUT2D eigenvalue weighted by Gasteiger charge is 2.02. The zero-order valence-corrected chi connectivity index (χ0v) is 9.18. The van der Waals surface area contributed by atoms with Crippen molar-refractivity contribution in [1.29, 1.82) is 0 Å². The third-order valence-corrected chi connectivity index (χ3v) is 2.48. The molecule has 0 spiro atoms. The summed E-state index contributed by atoms with van der Waals surface area (Å²) in [5.41, 5.74) is 3.60. The molecule has 0 saturated heterocycles. The molecule has 0 aliphatic rings. The SMILES string of the molecule is CCCc1ccc(C[O])c(CCC)c1. The second-order valence-corrected chi connectivity index (χ2v) is 3.75. The number of hydrogen-bond acceptors (Lipinski definition) is 0. The highest BCUT2D eigenvalue weighted by molar-refractivity contribution is 5.31. The minimum absolute atomic E-state index is 0.0816. The number of benzene rings is 1. The molecule has 14 heavy (non-hydrogen) atoms. The third kappa shape index (κ3) is 2.85. The molecule has 0 saturated carbocycles. The van der Waals surface area contributed by atoms with Crippen molar-refractivity contribution < 1.29 is 5.11 Å². The molecule has 1 aromatic rings. The van der Waals surface area contributed by atoms with E-state index in [4.69, 9.17) is 0 Å². The maximum atomic E-state index is 10.9. The van der Waals surface area contributed by atoms with Gasteiger partial charge in [-0.25, -0.2) is 5.11 Å². The third-order valence-electron chi connectivity index (χ3n) is 2.48. The quantitative estimate of drug-likeness (QED) is 0.678. The Labute approximate surface area is 86.8 Å². The molecular weight excluding hydrogens is 172 g/mol. The zero-order valence-electron chi connectivity index (χ0n) is 9.18. The molecular formula is C13H19O. The van der Waals surface area contributed by atoms with Crippen LogP contribution in [0.5, 0.6) is 0 Å². The fourth-order valence-electron chi connectivity index (χ4n) is 1.77. The Kier molecular flexibility index (Phi) is 4.68. The van der Waals surface area contributed by atoms with E-state index in [1.54, 1.807) is 0 Å². The van der Waals surface area contributed by atoms with Gasteiger partial charge in [-0.2, -0.15) is 0 Å². The van der Waals surface area contributed by atoms with Crippen LogP contribution in [-0.2, 0) is 24.6 Å². The van der Waals surface area contributed by atoms with Crippen LogP contribution in [0.1, 0.15) is 43.4 Å². The van der Waals surface area contributed by atoms with Gasteiger partial charge in [-0.05, 0) is 29.5 Å². The molecule has 0 aliphatic carbocycles. The van der Waals surface area contributed by atoms with Crippen LogP contribution in [0.25, 0.3) is 0 Å². The predicted octanol–water partition coefficient (Wildman–Crippen LogP) is 3.52. The van der Waals surface area contributed by atoms with E-state index in [0.29, 0.717) is 0 Å². The lowest BCUT2D eigenvalue weighted by Crippen LogP contribution is -1.95. The molecule has 1 radical (unpaired) electrons. The van der Waals surface area contributed by atoms with Gasteiger partial charge in [-0.3, -0.25) is 0 Å². The molecule has 0 heterocycles. The maximum absolute atomic E-state index is 10.9. The van der Waals surface area contributed by atoms with Crippen molar-refractivity contribution >= 4 is 0 Å². The summed E-state index contributed by atoms with van der Waals surface area (Å²) in [6, 6.07) is 6.30. The second-order valence-electron chi connectivity index (χ2n) is 3.75. The first kappa shape index (κ1) is 11.3. The van der Waals surface area contributed by atoms with Crippen LogP contribution >= 0.6 is 0 Å². The lowest BCUT2D eigenvalue weighted by atomic mass is 9.99. The van der Waals surface area contributed by atoms with Gasteiger partial charge < -0.3 is 0 Å². The molecule has 77 valence electrons. The molecule has 1 heteroatoms. The summed E-state index contributed by atoms with van der Waals surface area (Å²) in [6.45, 7) is 4.25. The molecule has 0 aromatic heterocycles. The largest absolute Gasteiger partial charge is 0.232 e. The summed E-state index contributed by atoms with van der Waals surface area (Å²) < 4.78 is 0. The van der Waals surface area contributed by atoms with E-state index in [9.17, 15) is 5.11 Å². The molecule has 1 nitrogen and oxygen atoms in total. The Balaban J connectivity index is 2.88. The lowest BCUT2D eigenvalue weighted by Gasteiger charge is -2.08. The first-order chi connectivity index (χ1) is 6.81. The van der Waals surface area contributed by atoms with E-state index >= 15 is 0 Å². The minimum Gasteiger partial charge on any atom is -0.232 e. The summed E-state index contributed by atoms with van der Waals surface area (Å²) >= 11 is 0. The Morgan fingerprint density at radius 2 is 1.71 bits per heavy atom. The Morgan fingerprint density at radius 3 is 2.29 bits per heavy atom. The van der Waals surface area contributed by atoms with Gasteiger partial charge in [0.25, 0.3) is 0 Å². The van der Waals surface area contributed by atoms with Crippen molar-refractivity contribution in [1.82, 2.24) is 0 Å². The van der Waals surface area contributed by atoms with Crippen LogP contribution < -0.4 is 0 Å². The highest BCUT2D eigenvalue weighted by Crippen LogP contribution is 2.15. The second kappa shape index (κ2) is 5.82. The summed E-state index contributed by atoms with van der Waals surface area (Å²) in [5, 5.41) is 10.9. The summed E-state index contributed by atoms with van der Waals surface area (Å²) in [6.07, 6.45) is 4.44. The van der Waals surface area contributed by atoms with Crippen LogP contribution in [0.3, 0.4) is 0 Å². The van der Waals surface area contributed by atoms with Crippen LogP contribution in [0.2, 0.25) is 0 Å². The Hall–Kier alpha value is -0.820. The summed E-state index contributed by atoms with van der Waals surface area (Å²) in [5.74, 6) is 0. The lowest BCUT2D eigenvalue weighted by molar-refractivity contribution is 0.176. The molecule has 0 unspecified atom stereocenters. The van der Waals surface area contributed by atoms with Gasteiger partial charge in [-0.1, -0.05) is 44.9 Å². The minimum atomic E-state index is -0.0816.